The molecule has 3 rings (SSSR count). The number of amides is 1. The van der Waals surface area contributed by atoms with Crippen molar-refractivity contribution in [1.29, 1.82) is 0 Å². The van der Waals surface area contributed by atoms with Crippen LogP contribution in [0.25, 0.3) is 5.76 Å². The zero-order chi connectivity index (χ0) is 23.6. The molecule has 5 nitrogen and oxygen atoms in total. The predicted octanol–water partition coefficient (Wildman–Crippen LogP) is 4.92. The number of methoxy groups -OCH3 is 1. The maximum Gasteiger partial charge on any atom is 0.295 e. The second-order valence-electron chi connectivity index (χ2n) is 9.36. The van der Waals surface area contributed by atoms with E-state index in [9.17, 15) is 14.7 Å². The normalized spacial score (nSPS) is 18.4. The number of rotatable bonds is 6. The van der Waals surface area contributed by atoms with Gasteiger partial charge in [0.2, 0.25) is 0 Å². The van der Waals surface area contributed by atoms with Gasteiger partial charge < -0.3 is 14.7 Å². The summed E-state index contributed by atoms with van der Waals surface area (Å²) >= 11 is 0. The lowest BCUT2D eigenvalue weighted by molar-refractivity contribution is -0.140. The second kappa shape index (κ2) is 9.29. The summed E-state index contributed by atoms with van der Waals surface area (Å²) in [4.78, 5) is 27.6. The number of carbonyl (C=O) groups is 2. The van der Waals surface area contributed by atoms with E-state index in [2.05, 4.69) is 27.7 Å². The number of aryl methyl sites for hydroxylation is 2. The first-order chi connectivity index (χ1) is 15.1. The maximum atomic E-state index is 13.1. The van der Waals surface area contributed by atoms with Crippen LogP contribution in [0, 0.1) is 6.92 Å². The van der Waals surface area contributed by atoms with Crippen LogP contribution in [-0.4, -0.2) is 42.0 Å². The van der Waals surface area contributed by atoms with Gasteiger partial charge in [-0.15, -0.1) is 0 Å². The van der Waals surface area contributed by atoms with E-state index in [4.69, 9.17) is 4.74 Å². The highest BCUT2D eigenvalue weighted by molar-refractivity contribution is 6.46. The highest BCUT2D eigenvalue weighted by atomic mass is 16.5. The molecule has 1 N–H and O–H groups in total. The van der Waals surface area contributed by atoms with Gasteiger partial charge in [0.1, 0.15) is 5.76 Å². The van der Waals surface area contributed by atoms with Gasteiger partial charge in [-0.25, -0.2) is 0 Å². The summed E-state index contributed by atoms with van der Waals surface area (Å²) in [5, 5.41) is 11.4. The number of Topliss-reactive ketones (excluding diaryl/α,β-unsaturated/α-hetero) is 1. The summed E-state index contributed by atoms with van der Waals surface area (Å²) in [7, 11) is 1.56. The molecule has 1 unspecified atom stereocenters. The van der Waals surface area contributed by atoms with E-state index in [0.29, 0.717) is 12.2 Å². The Kier molecular flexibility index (Phi) is 6.89. The van der Waals surface area contributed by atoms with Gasteiger partial charge in [0.05, 0.1) is 18.2 Å². The van der Waals surface area contributed by atoms with E-state index in [-0.39, 0.29) is 23.3 Å². The van der Waals surface area contributed by atoms with Crippen LogP contribution in [0.1, 0.15) is 61.6 Å². The molecule has 1 aliphatic rings. The van der Waals surface area contributed by atoms with Gasteiger partial charge in [0, 0.05) is 19.2 Å². The van der Waals surface area contributed by atoms with Gasteiger partial charge in [0.25, 0.3) is 11.7 Å². The number of carbonyl (C=O) groups excluding carboxylic acids is 2. The Morgan fingerprint density at radius 3 is 2.31 bits per heavy atom. The van der Waals surface area contributed by atoms with Crippen LogP contribution in [0.2, 0.25) is 0 Å². The molecule has 1 atom stereocenters. The summed E-state index contributed by atoms with van der Waals surface area (Å²) in [5.41, 5.74) is 4.44. The first kappa shape index (κ1) is 23.7. The largest absolute Gasteiger partial charge is 0.507 e. The molecule has 32 heavy (non-hydrogen) atoms. The molecule has 1 saturated heterocycles. The van der Waals surface area contributed by atoms with E-state index in [1.165, 1.54) is 4.90 Å². The van der Waals surface area contributed by atoms with Crippen molar-refractivity contribution < 1.29 is 19.4 Å². The number of hydrogen-bond acceptors (Lipinski definition) is 4. The second-order valence-corrected chi connectivity index (χ2v) is 9.36. The average molecular weight is 436 g/mol. The molecule has 1 heterocycles. The summed E-state index contributed by atoms with van der Waals surface area (Å²) in [5.74, 6) is -1.40. The summed E-state index contributed by atoms with van der Waals surface area (Å²) < 4.78 is 5.18. The fourth-order valence-electron chi connectivity index (χ4n) is 4.07. The van der Waals surface area contributed by atoms with E-state index in [1.54, 1.807) is 7.11 Å². The number of ketones is 1. The molecule has 0 spiro atoms. The highest BCUT2D eigenvalue weighted by Crippen LogP contribution is 2.40. The fraction of sp³-hybridized carbons (Fsp3) is 0.407. The monoisotopic (exact) mass is 435 g/mol. The number of aliphatic hydroxyl groups is 1. The van der Waals surface area contributed by atoms with E-state index >= 15 is 0 Å². The number of nitrogens with zero attached hydrogens (tertiary/aromatic N) is 1. The SMILES string of the molecule is CCc1ccc(C2/C(=C(\O)c3cc(C(C)(C)C)ccc3C)C(=O)C(=O)N2CCOC)cc1. The quantitative estimate of drug-likeness (QED) is 0.397. The summed E-state index contributed by atoms with van der Waals surface area (Å²) in [6, 6.07) is 13.1. The predicted molar refractivity (Wildman–Crippen MR) is 127 cm³/mol. The lowest BCUT2D eigenvalue weighted by Crippen LogP contribution is -2.32. The van der Waals surface area contributed by atoms with Crippen LogP contribution in [0.3, 0.4) is 0 Å². The molecule has 5 heteroatoms. The number of ether oxygens (including phenoxy) is 1. The molecule has 0 saturated carbocycles. The van der Waals surface area contributed by atoms with Crippen LogP contribution >= 0.6 is 0 Å². The number of benzene rings is 2. The topological polar surface area (TPSA) is 66.8 Å². The molecule has 2 aromatic rings. The maximum absolute atomic E-state index is 13.1. The van der Waals surface area contributed by atoms with Gasteiger partial charge in [0.15, 0.2) is 0 Å². The van der Waals surface area contributed by atoms with Crippen molar-refractivity contribution in [2.75, 3.05) is 20.3 Å². The van der Waals surface area contributed by atoms with Crippen molar-refractivity contribution >= 4 is 17.4 Å². The van der Waals surface area contributed by atoms with E-state index in [1.807, 2.05) is 49.4 Å². The van der Waals surface area contributed by atoms with E-state index in [0.717, 1.165) is 28.7 Å². The van der Waals surface area contributed by atoms with Gasteiger partial charge in [-0.05, 0) is 47.1 Å². The first-order valence-electron chi connectivity index (χ1n) is 11.1. The molecule has 1 aliphatic heterocycles. The van der Waals surface area contributed by atoms with Crippen LogP contribution in [0.4, 0.5) is 0 Å². The minimum absolute atomic E-state index is 0.122. The zero-order valence-corrected chi connectivity index (χ0v) is 19.9. The lowest BCUT2D eigenvalue weighted by atomic mass is 9.84. The van der Waals surface area contributed by atoms with Crippen LogP contribution in [-0.2, 0) is 26.2 Å². The van der Waals surface area contributed by atoms with E-state index < -0.39 is 17.7 Å². The Hall–Kier alpha value is -2.92. The molecule has 0 aliphatic carbocycles. The van der Waals surface area contributed by atoms with Gasteiger partial charge in [-0.3, -0.25) is 9.59 Å². The molecule has 1 amide bonds. The molecule has 1 fully saturated rings. The third-order valence-corrected chi connectivity index (χ3v) is 6.14. The number of hydrogen-bond donors (Lipinski definition) is 1. The van der Waals surface area contributed by atoms with Crippen molar-refractivity contribution in [3.8, 4) is 0 Å². The van der Waals surface area contributed by atoms with Gasteiger partial charge >= 0.3 is 0 Å². The van der Waals surface area contributed by atoms with Gasteiger partial charge in [-0.2, -0.15) is 0 Å². The molecular formula is C27H33NO4. The molecule has 0 bridgehead atoms. The summed E-state index contributed by atoms with van der Waals surface area (Å²) in [6.07, 6.45) is 0.892. The Labute approximate surface area is 190 Å². The molecule has 170 valence electrons. The Morgan fingerprint density at radius 1 is 1.09 bits per heavy atom. The minimum atomic E-state index is -0.663. The third kappa shape index (κ3) is 4.49. The standard InChI is InChI=1S/C27H33NO4/c1-7-18-9-11-19(12-10-18)23-22(25(30)26(31)28(23)14-15-32-6)24(29)21-16-20(27(3,4)5)13-8-17(21)2/h8-13,16,23,29H,7,14-15H2,1-6H3/b24-22+. The first-order valence-corrected chi connectivity index (χ1v) is 11.1. The van der Waals surface area contributed by atoms with Crippen molar-refractivity contribution in [1.82, 2.24) is 4.90 Å². The zero-order valence-electron chi connectivity index (χ0n) is 19.9. The molecule has 0 radical (unpaired) electrons. The van der Waals surface area contributed by atoms with Crippen molar-refractivity contribution in [3.05, 3.63) is 75.9 Å². The minimum Gasteiger partial charge on any atom is -0.507 e. The Bertz CT molecular complexity index is 1040. The van der Waals surface area contributed by atoms with Gasteiger partial charge in [-0.1, -0.05) is 64.1 Å². The highest BCUT2D eigenvalue weighted by Gasteiger charge is 2.46. The van der Waals surface area contributed by atoms with Crippen LogP contribution in [0.5, 0.6) is 0 Å². The Balaban J connectivity index is 2.21. The smallest absolute Gasteiger partial charge is 0.295 e. The fourth-order valence-corrected chi connectivity index (χ4v) is 4.07. The number of aliphatic hydroxyl groups excluding tert-OH is 1. The van der Waals surface area contributed by atoms with Crippen molar-refractivity contribution in [3.63, 3.8) is 0 Å². The van der Waals surface area contributed by atoms with Crippen molar-refractivity contribution in [2.45, 2.75) is 52.5 Å². The number of likely N-dealkylation sites (tertiary alicyclic amines) is 1. The molecular weight excluding hydrogens is 402 g/mol. The third-order valence-electron chi connectivity index (χ3n) is 6.14. The van der Waals surface area contributed by atoms with Crippen molar-refractivity contribution in [2.24, 2.45) is 0 Å². The molecule has 2 aromatic carbocycles. The summed E-state index contributed by atoms with van der Waals surface area (Å²) in [6.45, 7) is 10.8. The average Bonchev–Trinajstić information content (AvgIpc) is 3.01. The van der Waals surface area contributed by atoms with Crippen LogP contribution in [0.15, 0.2) is 48.0 Å². The van der Waals surface area contributed by atoms with Crippen LogP contribution < -0.4 is 0 Å². The Morgan fingerprint density at radius 2 is 1.75 bits per heavy atom. The molecule has 0 aromatic heterocycles. The lowest BCUT2D eigenvalue weighted by Gasteiger charge is -2.25.